The van der Waals surface area contributed by atoms with Gasteiger partial charge in [-0.3, -0.25) is 14.5 Å². The van der Waals surface area contributed by atoms with Crippen LogP contribution in [0.3, 0.4) is 0 Å². The first kappa shape index (κ1) is 22.2. The van der Waals surface area contributed by atoms with E-state index in [1.54, 1.807) is 48.4 Å². The monoisotopic (exact) mass is 485 g/mol. The fraction of sp³-hybridized carbons (Fsp3) is 0.259. The average molecular weight is 485 g/mol. The minimum Gasteiger partial charge on any atom is -0.490 e. The number of carbonyl (C=O) groups excluding carboxylic acids is 1. The van der Waals surface area contributed by atoms with E-state index in [0.29, 0.717) is 39.0 Å². The van der Waals surface area contributed by atoms with E-state index in [1.165, 1.54) is 17.0 Å². The summed E-state index contributed by atoms with van der Waals surface area (Å²) >= 11 is 0. The topological polar surface area (TPSA) is 84.0 Å². The Balaban J connectivity index is 1.31. The van der Waals surface area contributed by atoms with Crippen LogP contribution in [0.25, 0.3) is 22.0 Å². The number of ether oxygens (including phenoxy) is 1. The van der Waals surface area contributed by atoms with Crippen LogP contribution in [0.5, 0.6) is 5.75 Å². The molecule has 180 valence electrons. The molecule has 4 aromatic rings. The molecule has 1 aliphatic carbocycles. The standard InChI is InChI=1S/C27H21F2N5O2/c1-33-11-19-17(4-5-24(25(19)32-33)36-15-27(14-30)6-7-27)16-9-21(28)20(22(29)10-16)12-34-13-23-18(26(34)35)3-2-8-31-23/h2-5,8-11H,6-7,12-13,15H2,1H3. The van der Waals surface area contributed by atoms with Gasteiger partial charge in [0, 0.05) is 30.4 Å². The van der Waals surface area contributed by atoms with Crippen LogP contribution in [0.2, 0.25) is 0 Å². The lowest BCUT2D eigenvalue weighted by Crippen LogP contribution is -2.24. The molecule has 1 aliphatic heterocycles. The SMILES string of the molecule is Cn1cc2c(-c3cc(F)c(CN4Cc5ncccc5C4=O)c(F)c3)ccc(OCC3(C#N)CC3)c2n1. The number of fused-ring (bicyclic) bond motifs is 2. The molecule has 9 heteroatoms. The van der Waals surface area contributed by atoms with Crippen LogP contribution in [0, 0.1) is 28.4 Å². The summed E-state index contributed by atoms with van der Waals surface area (Å²) in [6.07, 6.45) is 4.98. The molecule has 2 aromatic heterocycles. The number of rotatable bonds is 6. The highest BCUT2D eigenvalue weighted by Crippen LogP contribution is 2.45. The summed E-state index contributed by atoms with van der Waals surface area (Å²) in [5.74, 6) is -1.24. The number of carbonyl (C=O) groups is 1. The third kappa shape index (κ3) is 3.66. The maximum absolute atomic E-state index is 15.2. The molecule has 1 saturated carbocycles. The molecule has 7 nitrogen and oxygen atoms in total. The van der Waals surface area contributed by atoms with Gasteiger partial charge in [0.2, 0.25) is 0 Å². The number of halogens is 2. The van der Waals surface area contributed by atoms with Gasteiger partial charge in [-0.25, -0.2) is 8.78 Å². The predicted molar refractivity (Wildman–Crippen MR) is 127 cm³/mol. The number of amides is 1. The molecular weight excluding hydrogens is 464 g/mol. The van der Waals surface area contributed by atoms with Crippen molar-refractivity contribution in [2.45, 2.75) is 25.9 Å². The molecule has 1 amide bonds. The molecule has 0 radical (unpaired) electrons. The van der Waals surface area contributed by atoms with Gasteiger partial charge in [0.05, 0.1) is 35.8 Å². The summed E-state index contributed by atoms with van der Waals surface area (Å²) in [7, 11) is 1.76. The second-order valence-electron chi connectivity index (χ2n) is 9.43. The predicted octanol–water partition coefficient (Wildman–Crippen LogP) is 4.75. The van der Waals surface area contributed by atoms with Crippen LogP contribution >= 0.6 is 0 Å². The van der Waals surface area contributed by atoms with E-state index in [1.807, 2.05) is 0 Å². The van der Waals surface area contributed by atoms with Crippen LogP contribution in [0.1, 0.15) is 34.5 Å². The zero-order valence-corrected chi connectivity index (χ0v) is 19.5. The smallest absolute Gasteiger partial charge is 0.256 e. The van der Waals surface area contributed by atoms with Gasteiger partial charge >= 0.3 is 0 Å². The molecule has 0 spiro atoms. The fourth-order valence-electron chi connectivity index (χ4n) is 4.63. The van der Waals surface area contributed by atoms with Crippen LogP contribution in [-0.4, -0.2) is 32.2 Å². The van der Waals surface area contributed by atoms with Gasteiger partial charge in [0.25, 0.3) is 5.91 Å². The van der Waals surface area contributed by atoms with E-state index in [4.69, 9.17) is 4.74 Å². The average Bonchev–Trinajstić information content (AvgIpc) is 3.44. The lowest BCUT2D eigenvalue weighted by atomic mass is 9.99. The lowest BCUT2D eigenvalue weighted by molar-refractivity contribution is 0.0763. The minimum absolute atomic E-state index is 0.173. The van der Waals surface area contributed by atoms with E-state index in [2.05, 4.69) is 16.2 Å². The van der Waals surface area contributed by atoms with Gasteiger partial charge < -0.3 is 9.64 Å². The summed E-state index contributed by atoms with van der Waals surface area (Å²) in [6.45, 7) is 0.296. The molecule has 0 bridgehead atoms. The van der Waals surface area contributed by atoms with Gasteiger partial charge in [-0.1, -0.05) is 0 Å². The van der Waals surface area contributed by atoms with E-state index < -0.39 is 17.0 Å². The molecule has 2 aromatic carbocycles. The summed E-state index contributed by atoms with van der Waals surface area (Å²) in [5.41, 5.74) is 1.96. The molecule has 36 heavy (non-hydrogen) atoms. The number of hydrogen-bond acceptors (Lipinski definition) is 5. The Kier molecular flexibility index (Phi) is 5.00. The molecule has 2 aliphatic rings. The van der Waals surface area contributed by atoms with E-state index in [-0.39, 0.29) is 31.2 Å². The zero-order chi connectivity index (χ0) is 25.0. The second kappa shape index (κ2) is 8.12. The molecular formula is C27H21F2N5O2. The quantitative estimate of drug-likeness (QED) is 0.394. The van der Waals surface area contributed by atoms with E-state index >= 15 is 8.78 Å². The first-order chi connectivity index (χ1) is 17.4. The van der Waals surface area contributed by atoms with Crippen LogP contribution in [0.4, 0.5) is 8.78 Å². The van der Waals surface area contributed by atoms with Crippen molar-refractivity contribution >= 4 is 16.8 Å². The zero-order valence-electron chi connectivity index (χ0n) is 19.5. The first-order valence-corrected chi connectivity index (χ1v) is 11.6. The van der Waals surface area contributed by atoms with E-state index in [9.17, 15) is 10.1 Å². The van der Waals surface area contributed by atoms with Crippen molar-refractivity contribution in [2.75, 3.05) is 6.61 Å². The van der Waals surface area contributed by atoms with Gasteiger partial charge in [0.1, 0.15) is 29.5 Å². The Hall–Kier alpha value is -4.32. The second-order valence-corrected chi connectivity index (χ2v) is 9.43. The summed E-state index contributed by atoms with van der Waals surface area (Å²) in [5, 5.41) is 14.5. The Morgan fingerprint density at radius 3 is 2.64 bits per heavy atom. The number of nitrogens with zero attached hydrogens (tertiary/aromatic N) is 5. The largest absolute Gasteiger partial charge is 0.490 e. The van der Waals surface area contributed by atoms with Crippen molar-refractivity contribution in [3.05, 3.63) is 77.2 Å². The maximum Gasteiger partial charge on any atom is 0.256 e. The third-order valence-corrected chi connectivity index (χ3v) is 6.90. The van der Waals surface area contributed by atoms with Crippen LogP contribution < -0.4 is 4.74 Å². The molecule has 1 fully saturated rings. The van der Waals surface area contributed by atoms with E-state index in [0.717, 1.165) is 12.8 Å². The van der Waals surface area contributed by atoms with Crippen molar-refractivity contribution in [3.8, 4) is 22.9 Å². The lowest BCUT2D eigenvalue weighted by Gasteiger charge is -2.17. The van der Waals surface area contributed by atoms with Crippen molar-refractivity contribution < 1.29 is 18.3 Å². The molecule has 0 saturated heterocycles. The molecule has 0 atom stereocenters. The summed E-state index contributed by atoms with van der Waals surface area (Å²) in [6, 6.07) is 11.7. The van der Waals surface area contributed by atoms with Gasteiger partial charge in [-0.05, 0) is 60.4 Å². The number of hydrogen-bond donors (Lipinski definition) is 0. The first-order valence-electron chi connectivity index (χ1n) is 11.6. The van der Waals surface area contributed by atoms with Crippen LogP contribution in [0.15, 0.2) is 48.8 Å². The molecule has 3 heterocycles. The molecule has 6 rings (SSSR count). The van der Waals surface area contributed by atoms with Gasteiger partial charge in [0.15, 0.2) is 0 Å². The Morgan fingerprint density at radius 2 is 1.94 bits per heavy atom. The number of nitriles is 1. The van der Waals surface area contributed by atoms with Crippen molar-refractivity contribution in [2.24, 2.45) is 12.5 Å². The number of benzene rings is 2. The third-order valence-electron chi connectivity index (χ3n) is 6.90. The van der Waals surface area contributed by atoms with Gasteiger partial charge in [-0.2, -0.15) is 10.4 Å². The normalized spacial score (nSPS) is 15.7. The highest BCUT2D eigenvalue weighted by Gasteiger charge is 2.44. The van der Waals surface area contributed by atoms with Crippen molar-refractivity contribution in [1.82, 2.24) is 19.7 Å². The highest BCUT2D eigenvalue weighted by atomic mass is 19.1. The summed E-state index contributed by atoms with van der Waals surface area (Å²) < 4.78 is 38.0. The fourth-order valence-corrected chi connectivity index (χ4v) is 4.63. The Labute approximate surface area is 205 Å². The summed E-state index contributed by atoms with van der Waals surface area (Å²) in [4.78, 5) is 18.2. The van der Waals surface area contributed by atoms with Crippen LogP contribution in [-0.2, 0) is 20.1 Å². The molecule has 0 N–H and O–H groups in total. The maximum atomic E-state index is 15.2. The number of pyridine rings is 1. The number of aromatic nitrogens is 3. The van der Waals surface area contributed by atoms with Crippen molar-refractivity contribution in [3.63, 3.8) is 0 Å². The van der Waals surface area contributed by atoms with Crippen molar-refractivity contribution in [1.29, 1.82) is 5.26 Å². The Bertz CT molecular complexity index is 1560. The minimum atomic E-state index is -0.733. The number of aryl methyl sites for hydroxylation is 1. The highest BCUT2D eigenvalue weighted by molar-refractivity contribution is 5.98. The molecule has 0 unspecified atom stereocenters. The van der Waals surface area contributed by atoms with Gasteiger partial charge in [-0.15, -0.1) is 0 Å². The Morgan fingerprint density at radius 1 is 1.17 bits per heavy atom.